The summed E-state index contributed by atoms with van der Waals surface area (Å²) >= 11 is 1.29. The lowest BCUT2D eigenvalue weighted by molar-refractivity contribution is -0.137. The van der Waals surface area contributed by atoms with Gasteiger partial charge in [-0.2, -0.15) is 0 Å². The number of rotatable bonds is 6. The van der Waals surface area contributed by atoms with Crippen LogP contribution in [0.15, 0.2) is 0 Å². The number of carbonyl (C=O) groups is 2. The van der Waals surface area contributed by atoms with Gasteiger partial charge in [0, 0.05) is 9.75 Å². The van der Waals surface area contributed by atoms with E-state index in [0.29, 0.717) is 34.0 Å². The number of thiophene rings is 1. The molecule has 1 aromatic heterocycles. The molecule has 0 atom stereocenters. The molecule has 0 amide bonds. The van der Waals surface area contributed by atoms with Crippen LogP contribution in [0.5, 0.6) is 0 Å². The quantitative estimate of drug-likeness (QED) is 0.601. The van der Waals surface area contributed by atoms with Gasteiger partial charge in [0.2, 0.25) is 0 Å². The van der Waals surface area contributed by atoms with Crippen molar-refractivity contribution in [3.63, 3.8) is 0 Å². The second-order valence-corrected chi connectivity index (χ2v) is 4.75. The van der Waals surface area contributed by atoms with Crippen molar-refractivity contribution >= 4 is 34.7 Å². The maximum atomic E-state index is 10.4. The molecule has 1 heterocycles. The monoisotopic (exact) mass is 258 g/mol. The second-order valence-electron chi connectivity index (χ2n) is 3.56. The van der Waals surface area contributed by atoms with E-state index in [0.717, 1.165) is 0 Å². The Morgan fingerprint density at radius 1 is 0.941 bits per heavy atom. The molecular formula is C10H14N2O4S. The number of hydrogen-bond acceptors (Lipinski definition) is 5. The molecule has 0 spiro atoms. The maximum absolute atomic E-state index is 10.4. The van der Waals surface area contributed by atoms with Crippen molar-refractivity contribution in [2.75, 3.05) is 11.5 Å². The Morgan fingerprint density at radius 3 is 1.59 bits per heavy atom. The Hall–Kier alpha value is -1.76. The lowest BCUT2D eigenvalue weighted by Crippen LogP contribution is -2.00. The van der Waals surface area contributed by atoms with Crippen LogP contribution in [0.25, 0.3) is 0 Å². The van der Waals surface area contributed by atoms with E-state index >= 15 is 0 Å². The van der Waals surface area contributed by atoms with Crippen molar-refractivity contribution in [1.29, 1.82) is 0 Å². The third kappa shape index (κ3) is 3.63. The van der Waals surface area contributed by atoms with E-state index in [1.165, 1.54) is 11.3 Å². The van der Waals surface area contributed by atoms with E-state index in [2.05, 4.69) is 0 Å². The SMILES string of the molecule is Nc1c(CCC(=O)O)sc(CCC(=O)O)c1N. The van der Waals surface area contributed by atoms with Crippen molar-refractivity contribution in [3.8, 4) is 0 Å². The number of anilines is 2. The Kier molecular flexibility index (Phi) is 4.33. The highest BCUT2D eigenvalue weighted by atomic mass is 32.1. The minimum Gasteiger partial charge on any atom is -0.481 e. The fraction of sp³-hybridized carbons (Fsp3) is 0.400. The van der Waals surface area contributed by atoms with Crippen LogP contribution in [0.3, 0.4) is 0 Å². The van der Waals surface area contributed by atoms with Gasteiger partial charge in [-0.3, -0.25) is 9.59 Å². The van der Waals surface area contributed by atoms with E-state index in [-0.39, 0.29) is 12.8 Å². The van der Waals surface area contributed by atoms with Crippen LogP contribution in [0.4, 0.5) is 11.4 Å². The third-order valence-electron chi connectivity index (χ3n) is 2.27. The summed E-state index contributed by atoms with van der Waals surface area (Å²) in [5.41, 5.74) is 12.3. The zero-order valence-corrected chi connectivity index (χ0v) is 9.92. The van der Waals surface area contributed by atoms with Crippen molar-refractivity contribution in [2.45, 2.75) is 25.7 Å². The molecule has 0 aliphatic rings. The predicted octanol–water partition coefficient (Wildman–Crippen LogP) is 0.947. The van der Waals surface area contributed by atoms with Gasteiger partial charge < -0.3 is 21.7 Å². The first-order chi connectivity index (χ1) is 7.91. The van der Waals surface area contributed by atoms with Crippen LogP contribution >= 0.6 is 11.3 Å². The number of carboxylic acids is 2. The minimum atomic E-state index is -0.900. The molecule has 1 aromatic rings. The highest BCUT2D eigenvalue weighted by Gasteiger charge is 2.14. The van der Waals surface area contributed by atoms with Gasteiger partial charge >= 0.3 is 11.9 Å². The number of nitrogens with two attached hydrogens (primary N) is 2. The molecule has 0 unspecified atom stereocenters. The summed E-state index contributed by atoms with van der Waals surface area (Å²) in [6.07, 6.45) is 0.622. The average Bonchev–Trinajstić information content (AvgIpc) is 2.51. The smallest absolute Gasteiger partial charge is 0.303 e. The van der Waals surface area contributed by atoms with E-state index in [1.54, 1.807) is 0 Å². The lowest BCUT2D eigenvalue weighted by Gasteiger charge is -1.97. The number of aryl methyl sites for hydroxylation is 2. The summed E-state index contributed by atoms with van der Waals surface area (Å²) in [6.45, 7) is 0. The summed E-state index contributed by atoms with van der Waals surface area (Å²) < 4.78 is 0. The van der Waals surface area contributed by atoms with Crippen LogP contribution in [0.2, 0.25) is 0 Å². The normalized spacial score (nSPS) is 10.4. The van der Waals surface area contributed by atoms with E-state index in [4.69, 9.17) is 21.7 Å². The molecule has 6 N–H and O–H groups in total. The molecule has 1 rings (SSSR count). The van der Waals surface area contributed by atoms with Gasteiger partial charge in [-0.25, -0.2) is 0 Å². The number of nitrogen functional groups attached to an aromatic ring is 2. The summed E-state index contributed by atoms with van der Waals surface area (Å²) in [4.78, 5) is 22.3. The Balaban J connectivity index is 2.76. The summed E-state index contributed by atoms with van der Waals surface area (Å²) in [5.74, 6) is -1.80. The van der Waals surface area contributed by atoms with Crippen molar-refractivity contribution in [1.82, 2.24) is 0 Å². The van der Waals surface area contributed by atoms with Gasteiger partial charge in [0.05, 0.1) is 24.2 Å². The summed E-state index contributed by atoms with van der Waals surface area (Å²) in [7, 11) is 0. The molecule has 0 radical (unpaired) electrons. The van der Waals surface area contributed by atoms with Crippen LogP contribution in [-0.2, 0) is 22.4 Å². The van der Waals surface area contributed by atoms with E-state index in [1.807, 2.05) is 0 Å². The third-order valence-corrected chi connectivity index (χ3v) is 3.61. The molecule has 17 heavy (non-hydrogen) atoms. The molecule has 0 aliphatic carbocycles. The minimum absolute atomic E-state index is 0.0114. The fourth-order valence-corrected chi connectivity index (χ4v) is 2.52. The predicted molar refractivity (Wildman–Crippen MR) is 65.1 cm³/mol. The van der Waals surface area contributed by atoms with Crippen molar-refractivity contribution in [3.05, 3.63) is 9.75 Å². The summed E-state index contributed by atoms with van der Waals surface area (Å²) in [5, 5.41) is 17.1. The molecule has 7 heteroatoms. The standard InChI is InChI=1S/C10H14N2O4S/c11-9-5(1-3-7(13)14)17-6(10(9)12)2-4-8(15)16/h1-4,11-12H2,(H,13,14)(H,15,16). The molecule has 0 bridgehead atoms. The van der Waals surface area contributed by atoms with Gasteiger partial charge in [0.1, 0.15) is 0 Å². The molecular weight excluding hydrogens is 244 g/mol. The fourth-order valence-electron chi connectivity index (χ4n) is 1.37. The molecule has 0 fully saturated rings. The van der Waals surface area contributed by atoms with E-state index in [9.17, 15) is 9.59 Å². The van der Waals surface area contributed by atoms with Crippen LogP contribution in [0, 0.1) is 0 Å². The van der Waals surface area contributed by atoms with Gasteiger partial charge in [-0.1, -0.05) is 0 Å². The maximum Gasteiger partial charge on any atom is 0.303 e. The van der Waals surface area contributed by atoms with Gasteiger partial charge in [-0.15, -0.1) is 11.3 Å². The Morgan fingerprint density at radius 2 is 1.29 bits per heavy atom. The first kappa shape index (κ1) is 13.3. The molecule has 0 saturated carbocycles. The molecule has 0 aromatic carbocycles. The van der Waals surface area contributed by atoms with Gasteiger partial charge in [0.15, 0.2) is 0 Å². The Labute approximate surface area is 102 Å². The topological polar surface area (TPSA) is 127 Å². The van der Waals surface area contributed by atoms with Crippen LogP contribution in [0.1, 0.15) is 22.6 Å². The van der Waals surface area contributed by atoms with Gasteiger partial charge in [0.25, 0.3) is 0 Å². The highest BCUT2D eigenvalue weighted by Crippen LogP contribution is 2.35. The van der Waals surface area contributed by atoms with Crippen molar-refractivity contribution in [2.24, 2.45) is 0 Å². The Bertz CT molecular complexity index is 403. The summed E-state index contributed by atoms with van der Waals surface area (Å²) in [6, 6.07) is 0. The van der Waals surface area contributed by atoms with Crippen LogP contribution < -0.4 is 11.5 Å². The molecule has 0 aliphatic heterocycles. The number of aliphatic carboxylic acids is 2. The first-order valence-electron chi connectivity index (χ1n) is 5.01. The van der Waals surface area contributed by atoms with E-state index < -0.39 is 11.9 Å². The van der Waals surface area contributed by atoms with Crippen LogP contribution in [-0.4, -0.2) is 22.2 Å². The lowest BCUT2D eigenvalue weighted by atomic mass is 10.2. The number of hydrogen-bond donors (Lipinski definition) is 4. The zero-order valence-electron chi connectivity index (χ0n) is 9.10. The zero-order chi connectivity index (χ0) is 13.0. The molecule has 94 valence electrons. The average molecular weight is 258 g/mol. The largest absolute Gasteiger partial charge is 0.481 e. The van der Waals surface area contributed by atoms with Gasteiger partial charge in [-0.05, 0) is 12.8 Å². The van der Waals surface area contributed by atoms with Crippen molar-refractivity contribution < 1.29 is 19.8 Å². The molecule has 6 nitrogen and oxygen atoms in total. The highest BCUT2D eigenvalue weighted by molar-refractivity contribution is 7.13. The number of carboxylic acid groups (broad SMARTS) is 2. The second kappa shape index (κ2) is 5.53. The first-order valence-corrected chi connectivity index (χ1v) is 5.82. The molecule has 0 saturated heterocycles.